The molecule has 0 saturated heterocycles. The number of hydrogen-bond donors (Lipinski definition) is 1. The fourth-order valence-corrected chi connectivity index (χ4v) is 1.74. The average Bonchev–Trinajstić information content (AvgIpc) is 2.17. The monoisotopic (exact) mass is 145 g/mol. The molecule has 0 radical (unpaired) electrons. The van der Waals surface area contributed by atoms with Gasteiger partial charge >= 0.3 is 0 Å². The van der Waals surface area contributed by atoms with E-state index in [4.69, 9.17) is 5.11 Å². The first-order chi connectivity index (χ1) is 4.33. The van der Waals surface area contributed by atoms with Crippen molar-refractivity contribution in [3.8, 4) is 0 Å². The van der Waals surface area contributed by atoms with E-state index in [-0.39, 0.29) is 6.61 Å². The number of aliphatic hydroxyl groups is 1. The van der Waals surface area contributed by atoms with Crippen molar-refractivity contribution in [2.75, 3.05) is 12.4 Å². The molecule has 0 fully saturated rings. The molecule has 0 aromatic heterocycles. The largest absolute Gasteiger partial charge is 0.396 e. The fraction of sp³-hybridized carbons (Fsp3) is 0.833. The van der Waals surface area contributed by atoms with Gasteiger partial charge in [-0.2, -0.15) is 0 Å². The van der Waals surface area contributed by atoms with Gasteiger partial charge in [-0.25, -0.2) is 0 Å². The lowest BCUT2D eigenvalue weighted by Gasteiger charge is -1.99. The molecule has 1 unspecified atom stereocenters. The Bertz CT molecular complexity index is 124. The van der Waals surface area contributed by atoms with Crippen LogP contribution in [0.1, 0.15) is 13.3 Å². The Labute approximate surface area is 59.4 Å². The first-order valence-corrected chi connectivity index (χ1v) is 4.09. The number of thioether (sulfide) groups is 1. The molecule has 0 aliphatic carbocycles. The van der Waals surface area contributed by atoms with Gasteiger partial charge in [0.05, 0.1) is 11.1 Å². The van der Waals surface area contributed by atoms with Crippen LogP contribution in [0, 0.1) is 0 Å². The van der Waals surface area contributed by atoms with Crippen molar-refractivity contribution < 1.29 is 5.11 Å². The molecule has 3 heteroatoms. The zero-order valence-electron chi connectivity index (χ0n) is 5.50. The van der Waals surface area contributed by atoms with E-state index in [0.717, 1.165) is 17.2 Å². The van der Waals surface area contributed by atoms with Gasteiger partial charge < -0.3 is 5.11 Å². The Balaban J connectivity index is 2.29. The lowest BCUT2D eigenvalue weighted by atomic mass is 10.3. The zero-order chi connectivity index (χ0) is 6.69. The molecular weight excluding hydrogens is 134 g/mol. The van der Waals surface area contributed by atoms with Gasteiger partial charge in [0.1, 0.15) is 0 Å². The highest BCUT2D eigenvalue weighted by Crippen LogP contribution is 2.18. The minimum atomic E-state index is 0.266. The van der Waals surface area contributed by atoms with E-state index < -0.39 is 0 Å². The maximum Gasteiger partial charge on any atom is 0.0649 e. The van der Waals surface area contributed by atoms with E-state index in [1.807, 2.05) is 6.92 Å². The maximum atomic E-state index is 8.53. The predicted octanol–water partition coefficient (Wildman–Crippen LogP) is 0.903. The summed E-state index contributed by atoms with van der Waals surface area (Å²) in [6.45, 7) is 2.28. The van der Waals surface area contributed by atoms with Gasteiger partial charge in [-0.15, -0.1) is 11.8 Å². The Kier molecular flexibility index (Phi) is 2.54. The standard InChI is InChI=1S/C6H11NOS/c1-5-7-6(2-3-8)4-9-5/h6,8H,2-4H2,1H3. The summed E-state index contributed by atoms with van der Waals surface area (Å²) in [5.41, 5.74) is 0. The summed E-state index contributed by atoms with van der Waals surface area (Å²) < 4.78 is 0. The predicted molar refractivity (Wildman–Crippen MR) is 41.1 cm³/mol. The summed E-state index contributed by atoms with van der Waals surface area (Å²) in [4.78, 5) is 4.30. The molecule has 1 N–H and O–H groups in total. The quantitative estimate of drug-likeness (QED) is 0.626. The van der Waals surface area contributed by atoms with E-state index in [1.165, 1.54) is 0 Å². The molecule has 52 valence electrons. The van der Waals surface area contributed by atoms with Crippen LogP contribution in [0.4, 0.5) is 0 Å². The van der Waals surface area contributed by atoms with E-state index in [2.05, 4.69) is 4.99 Å². The van der Waals surface area contributed by atoms with Gasteiger partial charge in [-0.1, -0.05) is 0 Å². The Hall–Kier alpha value is -0.0200. The minimum absolute atomic E-state index is 0.266. The Morgan fingerprint density at radius 2 is 2.67 bits per heavy atom. The van der Waals surface area contributed by atoms with Crippen molar-refractivity contribution in [2.45, 2.75) is 19.4 Å². The summed E-state index contributed by atoms with van der Waals surface area (Å²) in [6, 6.07) is 0.389. The molecule has 1 aliphatic heterocycles. The van der Waals surface area contributed by atoms with Gasteiger partial charge in [0.15, 0.2) is 0 Å². The fourth-order valence-electron chi connectivity index (χ4n) is 0.845. The Morgan fingerprint density at radius 1 is 1.89 bits per heavy atom. The van der Waals surface area contributed by atoms with Crippen LogP contribution >= 0.6 is 11.8 Å². The number of nitrogens with zero attached hydrogens (tertiary/aromatic N) is 1. The van der Waals surface area contributed by atoms with Crippen LogP contribution in [-0.2, 0) is 0 Å². The average molecular weight is 145 g/mol. The van der Waals surface area contributed by atoms with E-state index >= 15 is 0 Å². The third kappa shape index (κ3) is 1.99. The first-order valence-electron chi connectivity index (χ1n) is 3.11. The lowest BCUT2D eigenvalue weighted by Crippen LogP contribution is -2.05. The molecule has 0 saturated carbocycles. The van der Waals surface area contributed by atoms with E-state index in [0.29, 0.717) is 6.04 Å². The van der Waals surface area contributed by atoms with Crippen molar-refractivity contribution in [1.82, 2.24) is 0 Å². The number of hydrogen-bond acceptors (Lipinski definition) is 3. The molecule has 1 heterocycles. The topological polar surface area (TPSA) is 32.6 Å². The van der Waals surface area contributed by atoms with Gasteiger partial charge in [-0.05, 0) is 13.3 Å². The molecule has 1 rings (SSSR count). The molecule has 0 spiro atoms. The highest BCUT2D eigenvalue weighted by molar-refractivity contribution is 8.14. The maximum absolute atomic E-state index is 8.53. The molecule has 1 aliphatic rings. The summed E-state index contributed by atoms with van der Waals surface area (Å²) in [6.07, 6.45) is 0.824. The molecule has 0 bridgehead atoms. The van der Waals surface area contributed by atoms with Crippen LogP contribution in [0.25, 0.3) is 0 Å². The van der Waals surface area contributed by atoms with Crippen molar-refractivity contribution in [1.29, 1.82) is 0 Å². The first kappa shape index (κ1) is 7.09. The minimum Gasteiger partial charge on any atom is -0.396 e. The highest BCUT2D eigenvalue weighted by Gasteiger charge is 2.13. The third-order valence-electron chi connectivity index (χ3n) is 1.31. The highest BCUT2D eigenvalue weighted by atomic mass is 32.2. The second kappa shape index (κ2) is 3.22. The SMILES string of the molecule is CC1=NC(CCO)CS1. The third-order valence-corrected chi connectivity index (χ3v) is 2.39. The van der Waals surface area contributed by atoms with Crippen molar-refractivity contribution >= 4 is 16.8 Å². The number of aliphatic imine (C=N–C) groups is 1. The van der Waals surface area contributed by atoms with Crippen molar-refractivity contribution in [3.63, 3.8) is 0 Å². The van der Waals surface area contributed by atoms with Crippen LogP contribution in [0.3, 0.4) is 0 Å². The van der Waals surface area contributed by atoms with Crippen molar-refractivity contribution in [2.24, 2.45) is 4.99 Å². The van der Waals surface area contributed by atoms with E-state index in [9.17, 15) is 0 Å². The molecule has 9 heavy (non-hydrogen) atoms. The van der Waals surface area contributed by atoms with Crippen LogP contribution < -0.4 is 0 Å². The molecular formula is C6H11NOS. The number of rotatable bonds is 2. The summed E-state index contributed by atoms with van der Waals surface area (Å²) in [5.74, 6) is 1.06. The lowest BCUT2D eigenvalue weighted by molar-refractivity contribution is 0.280. The molecule has 0 amide bonds. The molecule has 0 aromatic carbocycles. The normalized spacial score (nSPS) is 26.4. The van der Waals surface area contributed by atoms with Gasteiger partial charge in [0, 0.05) is 12.4 Å². The second-order valence-corrected chi connectivity index (χ2v) is 3.34. The van der Waals surface area contributed by atoms with Crippen molar-refractivity contribution in [3.05, 3.63) is 0 Å². The van der Waals surface area contributed by atoms with Gasteiger partial charge in [-0.3, -0.25) is 4.99 Å². The summed E-state index contributed by atoms with van der Waals surface area (Å²) in [5, 5.41) is 9.70. The zero-order valence-corrected chi connectivity index (χ0v) is 6.32. The van der Waals surface area contributed by atoms with Crippen LogP contribution in [0.5, 0.6) is 0 Å². The summed E-state index contributed by atoms with van der Waals surface area (Å²) in [7, 11) is 0. The van der Waals surface area contributed by atoms with E-state index in [1.54, 1.807) is 11.8 Å². The van der Waals surface area contributed by atoms with Crippen LogP contribution in [-0.4, -0.2) is 28.6 Å². The Morgan fingerprint density at radius 3 is 3.11 bits per heavy atom. The molecule has 2 nitrogen and oxygen atoms in total. The summed E-state index contributed by atoms with van der Waals surface area (Å²) >= 11 is 1.78. The van der Waals surface area contributed by atoms with Crippen LogP contribution in [0.15, 0.2) is 4.99 Å². The molecule has 0 aromatic rings. The van der Waals surface area contributed by atoms with Gasteiger partial charge in [0.25, 0.3) is 0 Å². The second-order valence-electron chi connectivity index (χ2n) is 2.13. The van der Waals surface area contributed by atoms with Gasteiger partial charge in [0.2, 0.25) is 0 Å². The van der Waals surface area contributed by atoms with Crippen LogP contribution in [0.2, 0.25) is 0 Å². The number of aliphatic hydroxyl groups excluding tert-OH is 1. The smallest absolute Gasteiger partial charge is 0.0649 e. The molecule has 1 atom stereocenters.